The summed E-state index contributed by atoms with van der Waals surface area (Å²) in [5, 5.41) is 3.07. The maximum absolute atomic E-state index is 13.7. The van der Waals surface area contributed by atoms with Crippen LogP contribution < -0.4 is 19.5 Å². The van der Waals surface area contributed by atoms with E-state index in [1.54, 1.807) is 43.4 Å². The molecule has 2 unspecified atom stereocenters. The highest BCUT2D eigenvalue weighted by molar-refractivity contribution is 5.88. The van der Waals surface area contributed by atoms with Crippen LogP contribution >= 0.6 is 0 Å². The minimum absolute atomic E-state index is 0.0184. The molecule has 1 N–H and O–H groups in total. The third-order valence-corrected chi connectivity index (χ3v) is 6.18. The Hall–Kier alpha value is -4.00. The zero-order chi connectivity index (χ0) is 26.6. The lowest BCUT2D eigenvalue weighted by Gasteiger charge is -2.32. The van der Waals surface area contributed by atoms with Gasteiger partial charge in [0.1, 0.15) is 23.3 Å². The van der Waals surface area contributed by atoms with Crippen LogP contribution in [-0.2, 0) is 22.6 Å². The minimum atomic E-state index is -0.727. The molecule has 3 aromatic carbocycles. The predicted molar refractivity (Wildman–Crippen MR) is 144 cm³/mol. The SMILES string of the molecule is CCC(C)NC(=O)C(Cc1ccccc1)N(Cc1cccc(OC)c1)C(=O)COc1ccc(OC)cc1. The first-order valence-electron chi connectivity index (χ1n) is 12.5. The lowest BCUT2D eigenvalue weighted by molar-refractivity contribution is -0.143. The number of nitrogens with zero attached hydrogens (tertiary/aromatic N) is 1. The number of carbonyl (C=O) groups is 2. The summed E-state index contributed by atoms with van der Waals surface area (Å²) in [5.41, 5.74) is 1.82. The monoisotopic (exact) mass is 504 g/mol. The molecular formula is C30H36N2O5. The molecule has 0 saturated heterocycles. The summed E-state index contributed by atoms with van der Waals surface area (Å²) < 4.78 is 16.4. The second-order valence-corrected chi connectivity index (χ2v) is 8.86. The Morgan fingerprint density at radius 1 is 0.838 bits per heavy atom. The average molecular weight is 505 g/mol. The van der Waals surface area contributed by atoms with Gasteiger partial charge in [-0.3, -0.25) is 9.59 Å². The summed E-state index contributed by atoms with van der Waals surface area (Å²) in [6, 6.07) is 23.5. The van der Waals surface area contributed by atoms with Gasteiger partial charge < -0.3 is 24.4 Å². The van der Waals surface area contributed by atoms with Crippen molar-refractivity contribution in [3.63, 3.8) is 0 Å². The van der Waals surface area contributed by atoms with E-state index in [0.29, 0.717) is 23.7 Å². The van der Waals surface area contributed by atoms with Gasteiger partial charge in [0.15, 0.2) is 6.61 Å². The molecule has 3 aromatic rings. The summed E-state index contributed by atoms with van der Waals surface area (Å²) in [6.45, 7) is 3.99. The topological polar surface area (TPSA) is 77.1 Å². The average Bonchev–Trinajstić information content (AvgIpc) is 2.94. The molecule has 0 heterocycles. The highest BCUT2D eigenvalue weighted by atomic mass is 16.5. The molecule has 0 aromatic heterocycles. The van der Waals surface area contributed by atoms with Crippen molar-refractivity contribution < 1.29 is 23.8 Å². The van der Waals surface area contributed by atoms with Crippen LogP contribution in [0.1, 0.15) is 31.4 Å². The molecule has 37 heavy (non-hydrogen) atoms. The number of ether oxygens (including phenoxy) is 3. The normalized spacial score (nSPS) is 12.2. The molecular weight excluding hydrogens is 468 g/mol. The molecule has 0 saturated carbocycles. The Kier molecular flexibility index (Phi) is 10.4. The van der Waals surface area contributed by atoms with E-state index in [-0.39, 0.29) is 31.0 Å². The second kappa shape index (κ2) is 13.9. The Morgan fingerprint density at radius 3 is 2.14 bits per heavy atom. The van der Waals surface area contributed by atoms with E-state index in [0.717, 1.165) is 17.5 Å². The first-order chi connectivity index (χ1) is 17.9. The molecule has 7 nitrogen and oxygen atoms in total. The van der Waals surface area contributed by atoms with Crippen LogP contribution in [0, 0.1) is 0 Å². The number of carbonyl (C=O) groups excluding carboxylic acids is 2. The van der Waals surface area contributed by atoms with E-state index < -0.39 is 6.04 Å². The molecule has 0 aliphatic carbocycles. The van der Waals surface area contributed by atoms with Gasteiger partial charge >= 0.3 is 0 Å². The lowest BCUT2D eigenvalue weighted by atomic mass is 10.0. The number of benzene rings is 3. The van der Waals surface area contributed by atoms with Crippen molar-refractivity contribution in [2.45, 2.75) is 45.3 Å². The third kappa shape index (κ3) is 8.27. The van der Waals surface area contributed by atoms with Gasteiger partial charge in [0, 0.05) is 19.0 Å². The van der Waals surface area contributed by atoms with Crippen LogP contribution in [-0.4, -0.2) is 49.6 Å². The molecule has 0 fully saturated rings. The summed E-state index contributed by atoms with van der Waals surface area (Å²) in [7, 11) is 3.19. The third-order valence-electron chi connectivity index (χ3n) is 6.18. The van der Waals surface area contributed by atoms with E-state index in [9.17, 15) is 9.59 Å². The van der Waals surface area contributed by atoms with Crippen molar-refractivity contribution in [2.75, 3.05) is 20.8 Å². The quantitative estimate of drug-likeness (QED) is 0.367. The molecule has 196 valence electrons. The van der Waals surface area contributed by atoms with E-state index in [1.165, 1.54) is 0 Å². The van der Waals surface area contributed by atoms with Gasteiger partial charge in [0.25, 0.3) is 5.91 Å². The van der Waals surface area contributed by atoms with E-state index in [4.69, 9.17) is 14.2 Å². The van der Waals surface area contributed by atoms with Crippen LogP contribution in [0.5, 0.6) is 17.2 Å². The minimum Gasteiger partial charge on any atom is -0.497 e. The van der Waals surface area contributed by atoms with Gasteiger partial charge in [0.2, 0.25) is 5.91 Å². The summed E-state index contributed by atoms with van der Waals surface area (Å²) in [6.07, 6.45) is 1.16. The highest BCUT2D eigenvalue weighted by Crippen LogP contribution is 2.20. The van der Waals surface area contributed by atoms with Crippen molar-refractivity contribution in [2.24, 2.45) is 0 Å². The van der Waals surface area contributed by atoms with Crippen LogP contribution in [0.2, 0.25) is 0 Å². The Morgan fingerprint density at radius 2 is 1.49 bits per heavy atom. The Balaban J connectivity index is 1.91. The van der Waals surface area contributed by atoms with Gasteiger partial charge in [0.05, 0.1) is 14.2 Å². The van der Waals surface area contributed by atoms with Gasteiger partial charge in [-0.05, 0) is 60.9 Å². The Bertz CT molecular complexity index is 1130. The summed E-state index contributed by atoms with van der Waals surface area (Å²) in [4.78, 5) is 28.8. The van der Waals surface area contributed by atoms with Crippen molar-refractivity contribution in [3.8, 4) is 17.2 Å². The van der Waals surface area contributed by atoms with Gasteiger partial charge in [-0.15, -0.1) is 0 Å². The predicted octanol–water partition coefficient (Wildman–Crippen LogP) is 4.64. The molecule has 7 heteroatoms. The largest absolute Gasteiger partial charge is 0.497 e. The Labute approximate surface area is 219 Å². The molecule has 0 bridgehead atoms. The fourth-order valence-electron chi connectivity index (χ4n) is 3.86. The maximum Gasteiger partial charge on any atom is 0.261 e. The zero-order valence-corrected chi connectivity index (χ0v) is 22.0. The van der Waals surface area contributed by atoms with Crippen molar-refractivity contribution in [1.29, 1.82) is 0 Å². The molecule has 0 aliphatic rings. The second-order valence-electron chi connectivity index (χ2n) is 8.86. The first-order valence-corrected chi connectivity index (χ1v) is 12.5. The molecule has 0 radical (unpaired) electrons. The molecule has 3 rings (SSSR count). The molecule has 2 amide bonds. The number of hydrogen-bond acceptors (Lipinski definition) is 5. The van der Waals surface area contributed by atoms with Crippen molar-refractivity contribution in [3.05, 3.63) is 90.0 Å². The summed E-state index contributed by atoms with van der Waals surface area (Å²) >= 11 is 0. The number of hydrogen-bond donors (Lipinski definition) is 1. The van der Waals surface area contributed by atoms with Crippen LogP contribution in [0.15, 0.2) is 78.9 Å². The van der Waals surface area contributed by atoms with E-state index in [2.05, 4.69) is 5.32 Å². The number of rotatable bonds is 13. The fourth-order valence-corrected chi connectivity index (χ4v) is 3.86. The lowest BCUT2D eigenvalue weighted by Crippen LogP contribution is -2.53. The molecule has 2 atom stereocenters. The zero-order valence-electron chi connectivity index (χ0n) is 22.0. The number of methoxy groups -OCH3 is 2. The van der Waals surface area contributed by atoms with Crippen LogP contribution in [0.4, 0.5) is 0 Å². The summed E-state index contributed by atoms with van der Waals surface area (Å²) in [5.74, 6) is 1.43. The maximum atomic E-state index is 13.7. The van der Waals surface area contributed by atoms with Crippen LogP contribution in [0.25, 0.3) is 0 Å². The van der Waals surface area contributed by atoms with Gasteiger partial charge in [-0.25, -0.2) is 0 Å². The van der Waals surface area contributed by atoms with Crippen LogP contribution in [0.3, 0.4) is 0 Å². The molecule has 0 spiro atoms. The molecule has 0 aliphatic heterocycles. The van der Waals surface area contributed by atoms with E-state index >= 15 is 0 Å². The van der Waals surface area contributed by atoms with Gasteiger partial charge in [-0.1, -0.05) is 49.4 Å². The first kappa shape index (κ1) is 27.6. The highest BCUT2D eigenvalue weighted by Gasteiger charge is 2.31. The standard InChI is InChI=1S/C30H36N2O5/c1-5-22(2)31-30(34)28(19-23-10-7-6-8-11-23)32(20-24-12-9-13-27(18-24)36-4)29(33)21-37-26-16-14-25(35-3)15-17-26/h6-18,22,28H,5,19-21H2,1-4H3,(H,31,34). The fraction of sp³-hybridized carbons (Fsp3) is 0.333. The number of amides is 2. The smallest absolute Gasteiger partial charge is 0.261 e. The van der Waals surface area contributed by atoms with Crippen molar-refractivity contribution >= 4 is 11.8 Å². The number of nitrogens with one attached hydrogen (secondary N) is 1. The van der Waals surface area contributed by atoms with Gasteiger partial charge in [-0.2, -0.15) is 0 Å². The van der Waals surface area contributed by atoms with E-state index in [1.807, 2.05) is 68.4 Å². The van der Waals surface area contributed by atoms with Crippen molar-refractivity contribution in [1.82, 2.24) is 10.2 Å².